The number of carbonyl (C=O) groups is 2. The minimum atomic E-state index is -0.913. The average molecular weight is 322 g/mol. The fourth-order valence-electron chi connectivity index (χ4n) is 1.86. The summed E-state index contributed by atoms with van der Waals surface area (Å²) in [5, 5.41) is 8.78. The van der Waals surface area contributed by atoms with Crippen molar-refractivity contribution in [2.45, 2.75) is 6.42 Å². The van der Waals surface area contributed by atoms with Crippen molar-refractivity contribution in [3.63, 3.8) is 0 Å². The molecule has 0 atom stereocenters. The van der Waals surface area contributed by atoms with Gasteiger partial charge in [-0.3, -0.25) is 9.59 Å². The Morgan fingerprint density at radius 2 is 1.79 bits per heavy atom. The van der Waals surface area contributed by atoms with Crippen molar-refractivity contribution in [1.29, 1.82) is 0 Å². The number of halogens is 1. The number of aliphatic carboxylic acids is 1. The first-order chi connectivity index (χ1) is 8.99. The van der Waals surface area contributed by atoms with Crippen LogP contribution in [0.3, 0.4) is 0 Å². The lowest BCUT2D eigenvalue weighted by molar-refractivity contribution is -0.136. The predicted octanol–water partition coefficient (Wildman–Crippen LogP) is 2.65. The van der Waals surface area contributed by atoms with E-state index in [1.165, 1.54) is 0 Å². The Balaban J connectivity index is 2.32. The lowest BCUT2D eigenvalue weighted by Crippen LogP contribution is -2.11. The molecule has 1 N–H and O–H groups in total. The van der Waals surface area contributed by atoms with Gasteiger partial charge in [0, 0.05) is 22.8 Å². The summed E-state index contributed by atoms with van der Waals surface area (Å²) in [5.41, 5.74) is 1.66. The van der Waals surface area contributed by atoms with Gasteiger partial charge in [0.25, 0.3) is 0 Å². The minimum absolute atomic E-state index is 0.0931. The van der Waals surface area contributed by atoms with E-state index < -0.39 is 5.97 Å². The first kappa shape index (κ1) is 13.5. The van der Waals surface area contributed by atoms with E-state index in [9.17, 15) is 9.59 Å². The zero-order valence-electron chi connectivity index (χ0n) is 10.3. The molecule has 0 amide bonds. The molecular formula is C14H12BrNO3. The molecule has 0 spiro atoms. The van der Waals surface area contributed by atoms with Crippen LogP contribution in [0.4, 0.5) is 0 Å². The quantitative estimate of drug-likeness (QED) is 0.881. The van der Waals surface area contributed by atoms with E-state index >= 15 is 0 Å². The number of carbonyl (C=O) groups excluding carboxylic acids is 1. The number of carboxylic acids is 1. The lowest BCUT2D eigenvalue weighted by atomic mass is 10.1. The van der Waals surface area contributed by atoms with Gasteiger partial charge in [0.1, 0.15) is 0 Å². The van der Waals surface area contributed by atoms with Crippen molar-refractivity contribution < 1.29 is 14.7 Å². The van der Waals surface area contributed by atoms with Crippen LogP contribution < -0.4 is 0 Å². The van der Waals surface area contributed by atoms with Gasteiger partial charge in [0.2, 0.25) is 5.78 Å². The molecule has 0 aliphatic heterocycles. The van der Waals surface area contributed by atoms with Crippen molar-refractivity contribution in [3.05, 3.63) is 57.8 Å². The summed E-state index contributed by atoms with van der Waals surface area (Å²) in [6, 6.07) is 10.4. The largest absolute Gasteiger partial charge is 0.481 e. The minimum Gasteiger partial charge on any atom is -0.481 e. The maximum absolute atomic E-state index is 12.3. The smallest absolute Gasteiger partial charge is 0.309 e. The molecular weight excluding hydrogens is 310 g/mol. The summed E-state index contributed by atoms with van der Waals surface area (Å²) < 4.78 is 2.53. The summed E-state index contributed by atoms with van der Waals surface area (Å²) in [4.78, 5) is 23.0. The summed E-state index contributed by atoms with van der Waals surface area (Å²) in [6.07, 6.45) is -0.0931. The standard InChI is InChI=1S/C14H12BrNO3/c1-16-11(8-13(17)18)6-7-12(16)14(19)9-2-4-10(15)5-3-9/h2-7H,8H2,1H3,(H,17,18). The number of nitrogens with zero attached hydrogens (tertiary/aromatic N) is 1. The van der Waals surface area contributed by atoms with Gasteiger partial charge in [-0.15, -0.1) is 0 Å². The summed E-state index contributed by atoms with van der Waals surface area (Å²) >= 11 is 3.31. The highest BCUT2D eigenvalue weighted by molar-refractivity contribution is 9.10. The van der Waals surface area contributed by atoms with Crippen LogP contribution in [0, 0.1) is 0 Å². The predicted molar refractivity (Wildman–Crippen MR) is 74.3 cm³/mol. The van der Waals surface area contributed by atoms with Gasteiger partial charge >= 0.3 is 5.97 Å². The van der Waals surface area contributed by atoms with Crippen molar-refractivity contribution in [2.24, 2.45) is 7.05 Å². The van der Waals surface area contributed by atoms with Crippen LogP contribution in [0.2, 0.25) is 0 Å². The highest BCUT2D eigenvalue weighted by Crippen LogP contribution is 2.16. The van der Waals surface area contributed by atoms with E-state index in [1.54, 1.807) is 48.0 Å². The topological polar surface area (TPSA) is 59.3 Å². The molecule has 0 saturated carbocycles. The van der Waals surface area contributed by atoms with E-state index in [1.807, 2.05) is 0 Å². The molecule has 19 heavy (non-hydrogen) atoms. The Labute approximate surface area is 118 Å². The lowest BCUT2D eigenvalue weighted by Gasteiger charge is -2.06. The molecule has 2 aromatic rings. The number of hydrogen-bond acceptors (Lipinski definition) is 2. The van der Waals surface area contributed by atoms with Crippen molar-refractivity contribution in [1.82, 2.24) is 4.57 Å². The normalized spacial score (nSPS) is 10.4. The Morgan fingerprint density at radius 3 is 2.37 bits per heavy atom. The monoisotopic (exact) mass is 321 g/mol. The SMILES string of the molecule is Cn1c(CC(=O)O)ccc1C(=O)c1ccc(Br)cc1. The van der Waals surface area contributed by atoms with Gasteiger partial charge in [-0.2, -0.15) is 0 Å². The molecule has 0 unspecified atom stereocenters. The Kier molecular flexibility index (Phi) is 3.85. The Hall–Kier alpha value is -1.88. The van der Waals surface area contributed by atoms with Crippen molar-refractivity contribution in [3.8, 4) is 0 Å². The third-order valence-electron chi connectivity index (χ3n) is 2.90. The van der Waals surface area contributed by atoms with E-state index in [0.29, 0.717) is 17.0 Å². The van der Waals surface area contributed by atoms with E-state index in [4.69, 9.17) is 5.11 Å². The molecule has 0 aliphatic carbocycles. The van der Waals surface area contributed by atoms with Crippen LogP contribution >= 0.6 is 15.9 Å². The molecule has 1 aromatic carbocycles. The van der Waals surface area contributed by atoms with Gasteiger partial charge in [-0.05, 0) is 36.4 Å². The molecule has 4 nitrogen and oxygen atoms in total. The second kappa shape index (κ2) is 5.40. The maximum atomic E-state index is 12.3. The van der Waals surface area contributed by atoms with E-state index in [0.717, 1.165) is 4.47 Å². The highest BCUT2D eigenvalue weighted by atomic mass is 79.9. The molecule has 1 aromatic heterocycles. The zero-order valence-corrected chi connectivity index (χ0v) is 11.8. The summed E-state index contributed by atoms with van der Waals surface area (Å²) in [5.74, 6) is -1.03. The molecule has 0 saturated heterocycles. The highest BCUT2D eigenvalue weighted by Gasteiger charge is 2.15. The number of hydrogen-bond donors (Lipinski definition) is 1. The van der Waals surface area contributed by atoms with Crippen molar-refractivity contribution in [2.75, 3.05) is 0 Å². The Bertz CT molecular complexity index is 629. The summed E-state index contributed by atoms with van der Waals surface area (Å²) in [7, 11) is 1.70. The van der Waals surface area contributed by atoms with Crippen LogP contribution in [0.1, 0.15) is 21.7 Å². The summed E-state index contributed by atoms with van der Waals surface area (Å²) in [6.45, 7) is 0. The first-order valence-corrected chi connectivity index (χ1v) is 6.45. The van der Waals surface area contributed by atoms with Gasteiger partial charge in [0.15, 0.2) is 0 Å². The van der Waals surface area contributed by atoms with Crippen LogP contribution in [0.25, 0.3) is 0 Å². The fourth-order valence-corrected chi connectivity index (χ4v) is 2.13. The Morgan fingerprint density at radius 1 is 1.16 bits per heavy atom. The van der Waals surface area contributed by atoms with Crippen LogP contribution in [0.5, 0.6) is 0 Å². The second-order valence-electron chi connectivity index (χ2n) is 4.18. The molecule has 98 valence electrons. The third kappa shape index (κ3) is 2.93. The molecule has 0 bridgehead atoms. The number of rotatable bonds is 4. The number of ketones is 1. The van der Waals surface area contributed by atoms with E-state index in [-0.39, 0.29) is 12.2 Å². The molecule has 5 heteroatoms. The zero-order chi connectivity index (χ0) is 14.0. The van der Waals surface area contributed by atoms with Crippen LogP contribution in [-0.2, 0) is 18.3 Å². The van der Waals surface area contributed by atoms with Gasteiger partial charge < -0.3 is 9.67 Å². The maximum Gasteiger partial charge on any atom is 0.309 e. The second-order valence-corrected chi connectivity index (χ2v) is 5.09. The fraction of sp³-hybridized carbons (Fsp3) is 0.143. The molecule has 0 radical (unpaired) electrons. The molecule has 1 heterocycles. The third-order valence-corrected chi connectivity index (χ3v) is 3.43. The van der Waals surface area contributed by atoms with E-state index in [2.05, 4.69) is 15.9 Å². The number of benzene rings is 1. The first-order valence-electron chi connectivity index (χ1n) is 5.65. The van der Waals surface area contributed by atoms with Gasteiger partial charge in [-0.1, -0.05) is 15.9 Å². The van der Waals surface area contributed by atoms with Crippen LogP contribution in [-0.4, -0.2) is 21.4 Å². The molecule has 2 rings (SSSR count). The van der Waals surface area contributed by atoms with Crippen molar-refractivity contribution >= 4 is 27.7 Å². The molecule has 0 fully saturated rings. The number of aromatic nitrogens is 1. The van der Waals surface area contributed by atoms with Gasteiger partial charge in [-0.25, -0.2) is 0 Å². The number of carboxylic acid groups (broad SMARTS) is 1. The average Bonchev–Trinajstić information content (AvgIpc) is 2.70. The van der Waals surface area contributed by atoms with Gasteiger partial charge in [0.05, 0.1) is 12.1 Å². The van der Waals surface area contributed by atoms with Crippen LogP contribution in [0.15, 0.2) is 40.9 Å². The molecule has 0 aliphatic rings.